The van der Waals surface area contributed by atoms with Crippen LogP contribution < -0.4 is 4.74 Å². The SMILES string of the molecule is COc1cccc(CCN(C)CCO)c1. The van der Waals surface area contributed by atoms with Gasteiger partial charge in [0.15, 0.2) is 0 Å². The fourth-order valence-electron chi connectivity index (χ4n) is 1.43. The first kappa shape index (κ1) is 12.0. The summed E-state index contributed by atoms with van der Waals surface area (Å²) in [4.78, 5) is 2.11. The lowest BCUT2D eigenvalue weighted by Crippen LogP contribution is -2.24. The molecule has 15 heavy (non-hydrogen) atoms. The van der Waals surface area contributed by atoms with Crippen molar-refractivity contribution >= 4 is 0 Å². The minimum absolute atomic E-state index is 0.217. The van der Waals surface area contributed by atoms with E-state index in [9.17, 15) is 0 Å². The molecule has 3 heteroatoms. The van der Waals surface area contributed by atoms with Crippen LogP contribution in [0.15, 0.2) is 24.3 Å². The minimum atomic E-state index is 0.217. The highest BCUT2D eigenvalue weighted by atomic mass is 16.5. The largest absolute Gasteiger partial charge is 0.497 e. The van der Waals surface area contributed by atoms with Gasteiger partial charge in [-0.3, -0.25) is 0 Å². The monoisotopic (exact) mass is 209 g/mol. The van der Waals surface area contributed by atoms with Crippen LogP contribution in [0.5, 0.6) is 5.75 Å². The van der Waals surface area contributed by atoms with Crippen molar-refractivity contribution in [1.82, 2.24) is 4.90 Å². The summed E-state index contributed by atoms with van der Waals surface area (Å²) in [5.74, 6) is 0.900. The van der Waals surface area contributed by atoms with E-state index >= 15 is 0 Å². The fourth-order valence-corrected chi connectivity index (χ4v) is 1.43. The van der Waals surface area contributed by atoms with Crippen molar-refractivity contribution in [3.8, 4) is 5.75 Å². The third-order valence-corrected chi connectivity index (χ3v) is 2.40. The van der Waals surface area contributed by atoms with E-state index in [2.05, 4.69) is 11.0 Å². The zero-order chi connectivity index (χ0) is 11.1. The molecule has 0 atom stereocenters. The standard InChI is InChI=1S/C12H19NO2/c1-13(8-9-14)7-6-11-4-3-5-12(10-11)15-2/h3-5,10,14H,6-9H2,1-2H3. The molecule has 84 valence electrons. The van der Waals surface area contributed by atoms with Crippen LogP contribution in [0.4, 0.5) is 0 Å². The first-order valence-corrected chi connectivity index (χ1v) is 5.18. The van der Waals surface area contributed by atoms with E-state index in [4.69, 9.17) is 9.84 Å². The van der Waals surface area contributed by atoms with Gasteiger partial charge < -0.3 is 14.7 Å². The van der Waals surface area contributed by atoms with Crippen LogP contribution in [0.25, 0.3) is 0 Å². The topological polar surface area (TPSA) is 32.7 Å². The summed E-state index contributed by atoms with van der Waals surface area (Å²) in [5.41, 5.74) is 1.26. The number of rotatable bonds is 6. The molecule has 1 aromatic carbocycles. The predicted molar refractivity (Wildman–Crippen MR) is 61.3 cm³/mol. The van der Waals surface area contributed by atoms with E-state index in [1.54, 1.807) is 7.11 Å². The number of hydrogen-bond donors (Lipinski definition) is 1. The van der Waals surface area contributed by atoms with Gasteiger partial charge in [0.05, 0.1) is 13.7 Å². The predicted octanol–water partition coefficient (Wildman–Crippen LogP) is 1.16. The Kier molecular flexibility index (Phi) is 5.15. The van der Waals surface area contributed by atoms with Crippen LogP contribution in [-0.2, 0) is 6.42 Å². The Balaban J connectivity index is 2.43. The average molecular weight is 209 g/mol. The second-order valence-corrected chi connectivity index (χ2v) is 3.63. The average Bonchev–Trinajstić information content (AvgIpc) is 2.27. The summed E-state index contributed by atoms with van der Waals surface area (Å²) in [5, 5.41) is 8.75. The molecule has 1 aromatic rings. The molecule has 1 N–H and O–H groups in total. The van der Waals surface area contributed by atoms with Gasteiger partial charge in [-0.1, -0.05) is 12.1 Å². The van der Waals surface area contributed by atoms with E-state index in [1.165, 1.54) is 5.56 Å². The second kappa shape index (κ2) is 6.43. The Bertz CT molecular complexity index is 289. The number of hydrogen-bond acceptors (Lipinski definition) is 3. The number of likely N-dealkylation sites (N-methyl/N-ethyl adjacent to an activating group) is 1. The van der Waals surface area contributed by atoms with Crippen molar-refractivity contribution in [1.29, 1.82) is 0 Å². The first-order chi connectivity index (χ1) is 7.26. The number of benzene rings is 1. The summed E-state index contributed by atoms with van der Waals surface area (Å²) >= 11 is 0. The van der Waals surface area contributed by atoms with Crippen molar-refractivity contribution in [3.63, 3.8) is 0 Å². The van der Waals surface area contributed by atoms with Crippen molar-refractivity contribution < 1.29 is 9.84 Å². The van der Waals surface area contributed by atoms with Crippen LogP contribution in [0.1, 0.15) is 5.56 Å². The van der Waals surface area contributed by atoms with Crippen LogP contribution in [0, 0.1) is 0 Å². The van der Waals surface area contributed by atoms with Crippen LogP contribution in [-0.4, -0.2) is 43.9 Å². The maximum Gasteiger partial charge on any atom is 0.119 e. The van der Waals surface area contributed by atoms with E-state index in [0.29, 0.717) is 0 Å². The fraction of sp³-hybridized carbons (Fsp3) is 0.500. The molecule has 0 heterocycles. The van der Waals surface area contributed by atoms with Gasteiger partial charge >= 0.3 is 0 Å². The van der Waals surface area contributed by atoms with Gasteiger partial charge in [0.2, 0.25) is 0 Å². The lowest BCUT2D eigenvalue weighted by Gasteiger charge is -2.14. The van der Waals surface area contributed by atoms with Gasteiger partial charge in [-0.05, 0) is 31.2 Å². The summed E-state index contributed by atoms with van der Waals surface area (Å²) in [7, 11) is 3.69. The normalized spacial score (nSPS) is 10.7. The molecule has 0 bridgehead atoms. The Hall–Kier alpha value is -1.06. The zero-order valence-corrected chi connectivity index (χ0v) is 9.44. The molecule has 0 aliphatic rings. The molecule has 0 saturated carbocycles. The summed E-state index contributed by atoms with van der Waals surface area (Å²) in [6.07, 6.45) is 0.980. The quantitative estimate of drug-likeness (QED) is 0.763. The van der Waals surface area contributed by atoms with E-state index in [1.807, 2.05) is 25.2 Å². The van der Waals surface area contributed by atoms with Gasteiger partial charge in [-0.15, -0.1) is 0 Å². The number of nitrogens with zero attached hydrogens (tertiary/aromatic N) is 1. The number of aliphatic hydroxyl groups excluding tert-OH is 1. The maximum atomic E-state index is 8.75. The van der Waals surface area contributed by atoms with E-state index < -0.39 is 0 Å². The molecule has 0 amide bonds. The lowest BCUT2D eigenvalue weighted by atomic mass is 10.1. The van der Waals surface area contributed by atoms with Crippen LogP contribution >= 0.6 is 0 Å². The molecule has 0 aliphatic carbocycles. The van der Waals surface area contributed by atoms with Crippen molar-refractivity contribution in [2.75, 3.05) is 33.9 Å². The van der Waals surface area contributed by atoms with Crippen molar-refractivity contribution in [2.24, 2.45) is 0 Å². The molecule has 0 aromatic heterocycles. The molecule has 0 saturated heterocycles. The maximum absolute atomic E-state index is 8.75. The molecule has 0 spiro atoms. The molecule has 0 aliphatic heterocycles. The molecule has 1 rings (SSSR count). The van der Waals surface area contributed by atoms with Gasteiger partial charge in [-0.2, -0.15) is 0 Å². The highest BCUT2D eigenvalue weighted by molar-refractivity contribution is 5.28. The van der Waals surface area contributed by atoms with Crippen LogP contribution in [0.2, 0.25) is 0 Å². The molecule has 0 unspecified atom stereocenters. The molecule has 0 fully saturated rings. The molecule has 3 nitrogen and oxygen atoms in total. The zero-order valence-electron chi connectivity index (χ0n) is 9.44. The smallest absolute Gasteiger partial charge is 0.119 e. The Labute approximate surface area is 91.3 Å². The number of ether oxygens (including phenoxy) is 1. The molecular formula is C12H19NO2. The Morgan fingerprint density at radius 3 is 2.80 bits per heavy atom. The summed E-state index contributed by atoms with van der Waals surface area (Å²) in [6, 6.07) is 8.09. The third kappa shape index (κ3) is 4.32. The van der Waals surface area contributed by atoms with Crippen molar-refractivity contribution in [2.45, 2.75) is 6.42 Å². The summed E-state index contributed by atoms with van der Waals surface area (Å²) < 4.78 is 5.16. The van der Waals surface area contributed by atoms with E-state index in [-0.39, 0.29) is 6.61 Å². The molecular weight excluding hydrogens is 190 g/mol. The highest BCUT2D eigenvalue weighted by Gasteiger charge is 1.99. The summed E-state index contributed by atoms with van der Waals surface area (Å²) in [6.45, 7) is 1.90. The first-order valence-electron chi connectivity index (χ1n) is 5.18. The van der Waals surface area contributed by atoms with E-state index in [0.717, 1.165) is 25.3 Å². The number of methoxy groups -OCH3 is 1. The Morgan fingerprint density at radius 2 is 2.13 bits per heavy atom. The lowest BCUT2D eigenvalue weighted by molar-refractivity contribution is 0.223. The number of aliphatic hydroxyl groups is 1. The van der Waals surface area contributed by atoms with Crippen molar-refractivity contribution in [3.05, 3.63) is 29.8 Å². The Morgan fingerprint density at radius 1 is 1.33 bits per heavy atom. The van der Waals surface area contributed by atoms with Gasteiger partial charge in [0.25, 0.3) is 0 Å². The second-order valence-electron chi connectivity index (χ2n) is 3.63. The molecule has 0 radical (unpaired) electrons. The van der Waals surface area contributed by atoms with Gasteiger partial charge in [0, 0.05) is 13.1 Å². The third-order valence-electron chi connectivity index (χ3n) is 2.40. The van der Waals surface area contributed by atoms with Crippen LogP contribution in [0.3, 0.4) is 0 Å². The van der Waals surface area contributed by atoms with Gasteiger partial charge in [0.1, 0.15) is 5.75 Å². The minimum Gasteiger partial charge on any atom is -0.497 e. The van der Waals surface area contributed by atoms with Gasteiger partial charge in [-0.25, -0.2) is 0 Å². The highest BCUT2D eigenvalue weighted by Crippen LogP contribution is 2.12.